The summed E-state index contributed by atoms with van der Waals surface area (Å²) in [6.07, 6.45) is 15.4. The Hall–Kier alpha value is -1.91. The van der Waals surface area contributed by atoms with Crippen LogP contribution in [0, 0.1) is 0 Å². The Morgan fingerprint density at radius 3 is 2.76 bits per heavy atom. The topological polar surface area (TPSA) is 59.6 Å². The van der Waals surface area contributed by atoms with Crippen LogP contribution in [0.4, 0.5) is 0 Å². The maximum absolute atomic E-state index is 5.60. The van der Waals surface area contributed by atoms with Crippen LogP contribution in [0.3, 0.4) is 0 Å². The average Bonchev–Trinajstić information content (AvgIpc) is 2.64. The monoisotopic (exact) mass is 345 g/mol. The van der Waals surface area contributed by atoms with Crippen molar-refractivity contribution in [3.63, 3.8) is 0 Å². The standard InChI is InChI=1S/C21H35N3O/c1-5-19(4)17-24-21(13-9-8-10-14-23-7-3)18-25-15-11-12-20(6-2)16-22/h5-6,8-9,11-12,15,23H,2,7,10,13-14,16-18,22H2,1,3-4H3/b9-8+,15-11+,19-5?,20-12+,24-21?. The van der Waals surface area contributed by atoms with Crippen LogP contribution in [0.25, 0.3) is 0 Å². The van der Waals surface area contributed by atoms with E-state index in [1.165, 1.54) is 5.57 Å². The van der Waals surface area contributed by atoms with Crippen molar-refractivity contribution in [3.8, 4) is 0 Å². The van der Waals surface area contributed by atoms with Gasteiger partial charge in [-0.25, -0.2) is 0 Å². The minimum absolute atomic E-state index is 0.473. The molecule has 0 amide bonds. The van der Waals surface area contributed by atoms with Crippen molar-refractivity contribution < 1.29 is 4.74 Å². The molecule has 0 fully saturated rings. The van der Waals surface area contributed by atoms with E-state index in [0.29, 0.717) is 13.2 Å². The Bertz CT molecular complexity index is 499. The molecule has 0 aliphatic heterocycles. The fraction of sp³-hybridized carbons (Fsp3) is 0.476. The van der Waals surface area contributed by atoms with Gasteiger partial charge in [0.15, 0.2) is 0 Å². The summed E-state index contributed by atoms with van der Waals surface area (Å²) in [6, 6.07) is 0. The maximum atomic E-state index is 5.60. The summed E-state index contributed by atoms with van der Waals surface area (Å²) in [5, 5.41) is 3.31. The van der Waals surface area contributed by atoms with E-state index in [1.807, 2.05) is 19.1 Å². The van der Waals surface area contributed by atoms with Gasteiger partial charge in [0.25, 0.3) is 0 Å². The van der Waals surface area contributed by atoms with E-state index in [9.17, 15) is 0 Å². The third-order valence-corrected chi connectivity index (χ3v) is 3.54. The summed E-state index contributed by atoms with van der Waals surface area (Å²) in [4.78, 5) is 4.66. The Labute approximate surface area is 153 Å². The van der Waals surface area contributed by atoms with Crippen LogP contribution >= 0.6 is 0 Å². The fourth-order valence-corrected chi connectivity index (χ4v) is 1.78. The predicted molar refractivity (Wildman–Crippen MR) is 111 cm³/mol. The number of hydrogen-bond acceptors (Lipinski definition) is 4. The van der Waals surface area contributed by atoms with Gasteiger partial charge in [-0.1, -0.05) is 49.5 Å². The molecule has 0 aromatic rings. The number of hydrogen-bond donors (Lipinski definition) is 2. The lowest BCUT2D eigenvalue weighted by atomic mass is 10.2. The third kappa shape index (κ3) is 14.2. The van der Waals surface area contributed by atoms with Crippen LogP contribution in [-0.2, 0) is 4.74 Å². The van der Waals surface area contributed by atoms with Gasteiger partial charge >= 0.3 is 0 Å². The number of nitrogens with two attached hydrogens (primary N) is 1. The highest BCUT2D eigenvalue weighted by Gasteiger charge is 1.97. The Morgan fingerprint density at radius 2 is 2.12 bits per heavy atom. The summed E-state index contributed by atoms with van der Waals surface area (Å²) in [7, 11) is 0. The number of nitrogens with zero attached hydrogens (tertiary/aromatic N) is 1. The molecule has 0 heterocycles. The molecule has 0 spiro atoms. The van der Waals surface area contributed by atoms with Gasteiger partial charge in [0.05, 0.1) is 18.5 Å². The minimum Gasteiger partial charge on any atom is -0.495 e. The van der Waals surface area contributed by atoms with E-state index in [-0.39, 0.29) is 0 Å². The molecule has 0 aliphatic rings. The van der Waals surface area contributed by atoms with Gasteiger partial charge in [0.1, 0.15) is 6.61 Å². The number of aliphatic imine (C=N–C) groups is 1. The van der Waals surface area contributed by atoms with Crippen LogP contribution < -0.4 is 11.1 Å². The zero-order chi connectivity index (χ0) is 18.8. The molecule has 0 atom stereocenters. The van der Waals surface area contributed by atoms with E-state index in [1.54, 1.807) is 12.3 Å². The van der Waals surface area contributed by atoms with Crippen molar-refractivity contribution in [3.05, 3.63) is 60.4 Å². The second-order valence-corrected chi connectivity index (χ2v) is 5.62. The van der Waals surface area contributed by atoms with E-state index >= 15 is 0 Å². The van der Waals surface area contributed by atoms with Crippen LogP contribution in [0.2, 0.25) is 0 Å². The summed E-state index contributed by atoms with van der Waals surface area (Å²) in [5.41, 5.74) is 8.84. The molecule has 0 saturated carbocycles. The Balaban J connectivity index is 4.51. The second-order valence-electron chi connectivity index (χ2n) is 5.62. The molecule has 0 rings (SSSR count). The van der Waals surface area contributed by atoms with Crippen LogP contribution in [0.1, 0.15) is 33.6 Å². The highest BCUT2D eigenvalue weighted by Crippen LogP contribution is 1.99. The molecular weight excluding hydrogens is 310 g/mol. The average molecular weight is 346 g/mol. The molecule has 25 heavy (non-hydrogen) atoms. The van der Waals surface area contributed by atoms with E-state index in [4.69, 9.17) is 10.5 Å². The first-order chi connectivity index (χ1) is 12.2. The normalized spacial score (nSPS) is 13.8. The van der Waals surface area contributed by atoms with Gasteiger partial charge in [-0.3, -0.25) is 4.99 Å². The van der Waals surface area contributed by atoms with Crippen molar-refractivity contribution in [1.29, 1.82) is 0 Å². The minimum atomic E-state index is 0.473. The molecule has 4 heteroatoms. The van der Waals surface area contributed by atoms with Crippen LogP contribution in [-0.4, -0.2) is 38.5 Å². The first-order valence-electron chi connectivity index (χ1n) is 8.97. The summed E-state index contributed by atoms with van der Waals surface area (Å²) < 4.78 is 5.60. The number of allylic oxidation sites excluding steroid dienone is 4. The highest BCUT2D eigenvalue weighted by molar-refractivity contribution is 5.87. The van der Waals surface area contributed by atoms with Crippen molar-refractivity contribution in [1.82, 2.24) is 5.32 Å². The first kappa shape index (κ1) is 23.1. The van der Waals surface area contributed by atoms with Crippen molar-refractivity contribution in [2.45, 2.75) is 33.6 Å². The van der Waals surface area contributed by atoms with Gasteiger partial charge in [0, 0.05) is 13.0 Å². The van der Waals surface area contributed by atoms with Gasteiger partial charge in [-0.15, -0.1) is 0 Å². The van der Waals surface area contributed by atoms with Gasteiger partial charge in [-0.05, 0) is 45.0 Å². The van der Waals surface area contributed by atoms with Gasteiger partial charge < -0.3 is 15.8 Å². The number of nitrogens with one attached hydrogen (secondary N) is 1. The molecule has 0 unspecified atom stereocenters. The Kier molecular flexibility index (Phi) is 15.6. The van der Waals surface area contributed by atoms with Crippen molar-refractivity contribution in [2.24, 2.45) is 10.7 Å². The second kappa shape index (κ2) is 16.9. The van der Waals surface area contributed by atoms with E-state index in [0.717, 1.165) is 43.8 Å². The maximum Gasteiger partial charge on any atom is 0.125 e. The molecule has 4 nitrogen and oxygen atoms in total. The van der Waals surface area contributed by atoms with Crippen LogP contribution in [0.15, 0.2) is 65.4 Å². The molecule has 0 aromatic carbocycles. The zero-order valence-corrected chi connectivity index (χ0v) is 16.1. The summed E-state index contributed by atoms with van der Waals surface area (Å²) in [5.74, 6) is 0. The first-order valence-corrected chi connectivity index (χ1v) is 8.97. The molecule has 0 saturated heterocycles. The molecule has 0 bridgehead atoms. The predicted octanol–water partition coefficient (Wildman–Crippen LogP) is 3.94. The van der Waals surface area contributed by atoms with Crippen LogP contribution in [0.5, 0.6) is 0 Å². The largest absolute Gasteiger partial charge is 0.495 e. The van der Waals surface area contributed by atoms with Gasteiger partial charge in [0.2, 0.25) is 0 Å². The van der Waals surface area contributed by atoms with Crippen molar-refractivity contribution >= 4 is 5.71 Å². The summed E-state index contributed by atoms with van der Waals surface area (Å²) >= 11 is 0. The fourth-order valence-electron chi connectivity index (χ4n) is 1.78. The Morgan fingerprint density at radius 1 is 1.32 bits per heavy atom. The molecule has 0 radical (unpaired) electrons. The van der Waals surface area contributed by atoms with Crippen molar-refractivity contribution in [2.75, 3.05) is 32.8 Å². The molecule has 140 valence electrons. The lowest BCUT2D eigenvalue weighted by Gasteiger charge is -2.05. The molecule has 0 aliphatic carbocycles. The molecular formula is C21H35N3O. The summed E-state index contributed by atoms with van der Waals surface area (Å²) in [6.45, 7) is 13.6. The molecule has 3 N–H and O–H groups in total. The zero-order valence-electron chi connectivity index (χ0n) is 16.1. The number of rotatable bonds is 14. The quantitative estimate of drug-likeness (QED) is 0.165. The van der Waals surface area contributed by atoms with Gasteiger partial charge in [-0.2, -0.15) is 0 Å². The number of ether oxygens (including phenoxy) is 1. The highest BCUT2D eigenvalue weighted by atomic mass is 16.5. The van der Waals surface area contributed by atoms with E-state index < -0.39 is 0 Å². The lowest BCUT2D eigenvalue weighted by molar-refractivity contribution is 0.301. The van der Waals surface area contributed by atoms with E-state index in [2.05, 4.69) is 49.0 Å². The SMILES string of the molecule is C=C/C(=C\C=C\OCC(C/C=C/CCNCC)=NCC(C)=CC)CN. The third-order valence-electron chi connectivity index (χ3n) is 3.54. The smallest absolute Gasteiger partial charge is 0.125 e. The molecule has 0 aromatic heterocycles. The lowest BCUT2D eigenvalue weighted by Crippen LogP contribution is -2.13.